The highest BCUT2D eigenvalue weighted by Crippen LogP contribution is 2.30. The van der Waals surface area contributed by atoms with Crippen molar-refractivity contribution in [3.05, 3.63) is 0 Å². The van der Waals surface area contributed by atoms with E-state index < -0.39 is 8.24 Å². The maximum atomic E-state index is 2.77. The molecule has 1 heterocycles. The van der Waals surface area contributed by atoms with E-state index in [1.54, 1.807) is 12.1 Å². The highest BCUT2D eigenvalue weighted by Gasteiger charge is 2.33. The Morgan fingerprint density at radius 3 is 1.92 bits per heavy atom. The minimum atomic E-state index is -0.933. The lowest BCUT2D eigenvalue weighted by Crippen LogP contribution is -2.51. The van der Waals surface area contributed by atoms with Gasteiger partial charge in [-0.2, -0.15) is 0 Å². The van der Waals surface area contributed by atoms with Crippen LogP contribution in [0.3, 0.4) is 0 Å². The van der Waals surface area contributed by atoms with Gasteiger partial charge in [0.05, 0.1) is 0 Å². The van der Waals surface area contributed by atoms with E-state index >= 15 is 0 Å². The fraction of sp³-hybridized carbons (Fsp3) is 1.00. The molecular formula is C10H23NSi. The van der Waals surface area contributed by atoms with Crippen LogP contribution in [0.25, 0.3) is 0 Å². The van der Waals surface area contributed by atoms with Gasteiger partial charge in [0.15, 0.2) is 0 Å². The van der Waals surface area contributed by atoms with E-state index in [0.717, 1.165) is 0 Å². The van der Waals surface area contributed by atoms with E-state index in [-0.39, 0.29) is 0 Å². The van der Waals surface area contributed by atoms with Gasteiger partial charge in [0.2, 0.25) is 0 Å². The van der Waals surface area contributed by atoms with Crippen LogP contribution in [-0.2, 0) is 0 Å². The fourth-order valence-corrected chi connectivity index (χ4v) is 7.05. The van der Waals surface area contributed by atoms with Gasteiger partial charge in [0.1, 0.15) is 8.24 Å². The van der Waals surface area contributed by atoms with Gasteiger partial charge in [0, 0.05) is 0 Å². The quantitative estimate of drug-likeness (QED) is 0.611. The zero-order valence-corrected chi connectivity index (χ0v) is 9.90. The SMILES string of the molecule is CCN(CC)[Si]1(C)CCCCC1. The second kappa shape index (κ2) is 4.42. The second-order valence-electron chi connectivity index (χ2n) is 4.23. The Hall–Kier alpha value is 0.177. The molecule has 0 amide bonds. The van der Waals surface area contributed by atoms with Gasteiger partial charge < -0.3 is 4.57 Å². The predicted octanol–water partition coefficient (Wildman–Crippen LogP) is 3.09. The molecule has 0 spiro atoms. The summed E-state index contributed by atoms with van der Waals surface area (Å²) in [6, 6.07) is 3.10. The van der Waals surface area contributed by atoms with Crippen molar-refractivity contribution in [2.45, 2.75) is 51.7 Å². The Balaban J connectivity index is 2.53. The monoisotopic (exact) mass is 185 g/mol. The Morgan fingerprint density at radius 2 is 1.50 bits per heavy atom. The van der Waals surface area contributed by atoms with E-state index in [2.05, 4.69) is 25.0 Å². The van der Waals surface area contributed by atoms with Crippen LogP contribution in [0.5, 0.6) is 0 Å². The summed E-state index contributed by atoms with van der Waals surface area (Å²) in [5.74, 6) is 0. The summed E-state index contributed by atoms with van der Waals surface area (Å²) in [6.07, 6.45) is 4.49. The normalized spacial score (nSPS) is 23.0. The van der Waals surface area contributed by atoms with Gasteiger partial charge in [-0.25, -0.2) is 0 Å². The molecule has 1 nitrogen and oxygen atoms in total. The number of hydrogen-bond acceptors (Lipinski definition) is 1. The molecule has 1 saturated heterocycles. The summed E-state index contributed by atoms with van der Waals surface area (Å²) in [6.45, 7) is 9.77. The molecular weight excluding hydrogens is 162 g/mol. The summed E-state index contributed by atoms with van der Waals surface area (Å²) < 4.78 is 2.77. The predicted molar refractivity (Wildman–Crippen MR) is 58.0 cm³/mol. The maximum absolute atomic E-state index is 2.77. The van der Waals surface area contributed by atoms with Gasteiger partial charge in [-0.05, 0) is 25.2 Å². The first-order valence-electron chi connectivity index (χ1n) is 5.48. The zero-order valence-electron chi connectivity index (χ0n) is 8.90. The van der Waals surface area contributed by atoms with Crippen LogP contribution >= 0.6 is 0 Å². The Bertz CT molecular complexity index is 126. The largest absolute Gasteiger partial charge is 0.324 e. The average molecular weight is 185 g/mol. The molecule has 1 fully saturated rings. The molecule has 1 aliphatic rings. The molecule has 12 heavy (non-hydrogen) atoms. The van der Waals surface area contributed by atoms with E-state index in [4.69, 9.17) is 0 Å². The fourth-order valence-electron chi connectivity index (χ4n) is 2.62. The summed E-state index contributed by atoms with van der Waals surface area (Å²) in [5.41, 5.74) is 0. The Kier molecular flexibility index (Phi) is 3.78. The second-order valence-corrected chi connectivity index (χ2v) is 8.86. The lowest BCUT2D eigenvalue weighted by molar-refractivity contribution is 0.445. The molecule has 0 radical (unpaired) electrons. The standard InChI is InChI=1S/C10H23NSi/c1-4-11(5-2)12(3)9-7-6-8-10-12/h4-10H2,1-3H3. The molecule has 0 atom stereocenters. The first kappa shape index (κ1) is 10.3. The molecule has 0 N–H and O–H groups in total. The number of rotatable bonds is 3. The lowest BCUT2D eigenvalue weighted by Gasteiger charge is -2.41. The van der Waals surface area contributed by atoms with Gasteiger partial charge in [-0.1, -0.05) is 39.7 Å². The summed E-state index contributed by atoms with van der Waals surface area (Å²) in [7, 11) is -0.933. The van der Waals surface area contributed by atoms with E-state index in [0.29, 0.717) is 0 Å². The molecule has 1 aliphatic heterocycles. The third-order valence-corrected chi connectivity index (χ3v) is 8.48. The minimum Gasteiger partial charge on any atom is -0.324 e. The van der Waals surface area contributed by atoms with Crippen LogP contribution in [-0.4, -0.2) is 25.9 Å². The van der Waals surface area contributed by atoms with Gasteiger partial charge >= 0.3 is 0 Å². The Labute approximate surface area is 78.2 Å². The van der Waals surface area contributed by atoms with Gasteiger partial charge in [-0.15, -0.1) is 0 Å². The summed E-state index contributed by atoms with van der Waals surface area (Å²) >= 11 is 0. The molecule has 0 aromatic rings. The van der Waals surface area contributed by atoms with Crippen molar-refractivity contribution >= 4 is 8.24 Å². The highest BCUT2D eigenvalue weighted by atomic mass is 28.3. The number of nitrogens with zero attached hydrogens (tertiary/aromatic N) is 1. The van der Waals surface area contributed by atoms with Crippen LogP contribution in [0.1, 0.15) is 33.1 Å². The van der Waals surface area contributed by atoms with E-state index in [1.807, 2.05) is 0 Å². The van der Waals surface area contributed by atoms with Gasteiger partial charge in [0.25, 0.3) is 0 Å². The third-order valence-electron chi connectivity index (χ3n) is 3.46. The van der Waals surface area contributed by atoms with Crippen molar-refractivity contribution in [2.24, 2.45) is 0 Å². The van der Waals surface area contributed by atoms with Crippen molar-refractivity contribution in [3.8, 4) is 0 Å². The van der Waals surface area contributed by atoms with Gasteiger partial charge in [-0.3, -0.25) is 0 Å². The molecule has 2 heteroatoms. The first-order valence-corrected chi connectivity index (χ1v) is 8.34. The van der Waals surface area contributed by atoms with Crippen molar-refractivity contribution < 1.29 is 0 Å². The molecule has 0 aliphatic carbocycles. The average Bonchev–Trinajstić information content (AvgIpc) is 2.07. The molecule has 72 valence electrons. The van der Waals surface area contributed by atoms with E-state index in [9.17, 15) is 0 Å². The third kappa shape index (κ3) is 2.11. The molecule has 0 aromatic carbocycles. The van der Waals surface area contributed by atoms with Crippen molar-refractivity contribution in [1.29, 1.82) is 0 Å². The molecule has 0 unspecified atom stereocenters. The minimum absolute atomic E-state index is 0.933. The number of hydrogen-bond donors (Lipinski definition) is 0. The molecule has 1 rings (SSSR count). The van der Waals surface area contributed by atoms with Crippen molar-refractivity contribution in [1.82, 2.24) is 4.57 Å². The van der Waals surface area contributed by atoms with Crippen LogP contribution in [0, 0.1) is 0 Å². The van der Waals surface area contributed by atoms with Crippen molar-refractivity contribution in [3.63, 3.8) is 0 Å². The van der Waals surface area contributed by atoms with Crippen LogP contribution in [0.4, 0.5) is 0 Å². The summed E-state index contributed by atoms with van der Waals surface area (Å²) in [4.78, 5) is 0. The molecule has 0 bridgehead atoms. The molecule has 0 saturated carbocycles. The Morgan fingerprint density at radius 1 is 1.00 bits per heavy atom. The smallest absolute Gasteiger partial charge is 0.125 e. The molecule has 0 aromatic heterocycles. The maximum Gasteiger partial charge on any atom is 0.125 e. The summed E-state index contributed by atoms with van der Waals surface area (Å²) in [5, 5.41) is 0. The van der Waals surface area contributed by atoms with Crippen LogP contribution < -0.4 is 0 Å². The van der Waals surface area contributed by atoms with Crippen LogP contribution in [0.15, 0.2) is 0 Å². The van der Waals surface area contributed by atoms with Crippen molar-refractivity contribution in [2.75, 3.05) is 13.1 Å². The topological polar surface area (TPSA) is 3.24 Å². The lowest BCUT2D eigenvalue weighted by atomic mass is 10.3. The zero-order chi connectivity index (χ0) is 9.03. The first-order chi connectivity index (χ1) is 5.73. The highest BCUT2D eigenvalue weighted by molar-refractivity contribution is 6.76. The van der Waals surface area contributed by atoms with Crippen LogP contribution in [0.2, 0.25) is 18.6 Å². The van der Waals surface area contributed by atoms with E-state index in [1.165, 1.54) is 32.4 Å².